The Kier molecular flexibility index (Phi) is 5.29. The van der Waals surface area contributed by atoms with Crippen molar-refractivity contribution >= 4 is 0 Å². The maximum atomic E-state index is 6.10. The van der Waals surface area contributed by atoms with Gasteiger partial charge in [0.15, 0.2) is 11.5 Å². The van der Waals surface area contributed by atoms with Gasteiger partial charge in [-0.15, -0.1) is 0 Å². The van der Waals surface area contributed by atoms with Crippen LogP contribution in [-0.4, -0.2) is 20.3 Å². The van der Waals surface area contributed by atoms with Crippen LogP contribution in [0.2, 0.25) is 0 Å². The molecule has 0 aliphatic rings. The van der Waals surface area contributed by atoms with Gasteiger partial charge in [-0.2, -0.15) is 0 Å². The fourth-order valence-corrected chi connectivity index (χ4v) is 2.00. The van der Waals surface area contributed by atoms with Gasteiger partial charge >= 0.3 is 0 Å². The van der Waals surface area contributed by atoms with Crippen LogP contribution in [0.15, 0.2) is 18.2 Å². The van der Waals surface area contributed by atoms with Crippen molar-refractivity contribution in [1.29, 1.82) is 0 Å². The standard InChI is InChI=1S/C14H23NO2/c1-10(2)7-12(15)8-11-5-6-13(16-3)14(9-11)17-4/h5-6,9-10,12H,7-8,15H2,1-4H3/t12-/m1/s1. The number of hydrogen-bond donors (Lipinski definition) is 1. The van der Waals surface area contributed by atoms with Crippen molar-refractivity contribution in [2.45, 2.75) is 32.7 Å². The number of benzene rings is 1. The molecule has 2 N–H and O–H groups in total. The van der Waals surface area contributed by atoms with Crippen molar-refractivity contribution in [2.24, 2.45) is 11.7 Å². The monoisotopic (exact) mass is 237 g/mol. The molecule has 0 saturated carbocycles. The van der Waals surface area contributed by atoms with E-state index in [-0.39, 0.29) is 6.04 Å². The molecule has 1 atom stereocenters. The topological polar surface area (TPSA) is 44.5 Å². The summed E-state index contributed by atoms with van der Waals surface area (Å²) in [7, 11) is 3.29. The van der Waals surface area contributed by atoms with Gasteiger partial charge in [0.05, 0.1) is 14.2 Å². The summed E-state index contributed by atoms with van der Waals surface area (Å²) >= 11 is 0. The van der Waals surface area contributed by atoms with Crippen molar-refractivity contribution in [2.75, 3.05) is 14.2 Å². The Balaban J connectivity index is 2.72. The van der Waals surface area contributed by atoms with Gasteiger partial charge in [0.25, 0.3) is 0 Å². The molecule has 0 heterocycles. The average Bonchev–Trinajstić information content (AvgIpc) is 2.27. The molecule has 0 radical (unpaired) electrons. The van der Waals surface area contributed by atoms with E-state index in [2.05, 4.69) is 13.8 Å². The second kappa shape index (κ2) is 6.50. The minimum Gasteiger partial charge on any atom is -0.493 e. The Hall–Kier alpha value is -1.22. The van der Waals surface area contributed by atoms with Crippen LogP contribution in [0.25, 0.3) is 0 Å². The van der Waals surface area contributed by atoms with Crippen LogP contribution in [0.5, 0.6) is 11.5 Å². The van der Waals surface area contributed by atoms with Crippen LogP contribution in [0, 0.1) is 5.92 Å². The second-order valence-corrected chi connectivity index (χ2v) is 4.78. The van der Waals surface area contributed by atoms with Gasteiger partial charge in [-0.25, -0.2) is 0 Å². The third-order valence-corrected chi connectivity index (χ3v) is 2.72. The minimum atomic E-state index is 0.202. The van der Waals surface area contributed by atoms with Crippen LogP contribution >= 0.6 is 0 Å². The van der Waals surface area contributed by atoms with Crippen molar-refractivity contribution in [3.8, 4) is 11.5 Å². The lowest BCUT2D eigenvalue weighted by Crippen LogP contribution is -2.24. The molecule has 1 aromatic rings. The highest BCUT2D eigenvalue weighted by Crippen LogP contribution is 2.28. The summed E-state index contributed by atoms with van der Waals surface area (Å²) < 4.78 is 10.5. The molecule has 3 nitrogen and oxygen atoms in total. The predicted molar refractivity (Wildman–Crippen MR) is 70.7 cm³/mol. The molecule has 1 rings (SSSR count). The van der Waals surface area contributed by atoms with Crippen LogP contribution < -0.4 is 15.2 Å². The van der Waals surface area contributed by atoms with Gasteiger partial charge in [-0.3, -0.25) is 0 Å². The summed E-state index contributed by atoms with van der Waals surface area (Å²) in [5.74, 6) is 2.15. The number of hydrogen-bond acceptors (Lipinski definition) is 3. The summed E-state index contributed by atoms with van der Waals surface area (Å²) in [6.45, 7) is 4.38. The third kappa shape index (κ3) is 4.27. The van der Waals surface area contributed by atoms with E-state index in [1.165, 1.54) is 5.56 Å². The summed E-state index contributed by atoms with van der Waals surface area (Å²) in [6.07, 6.45) is 1.91. The van der Waals surface area contributed by atoms with Crippen molar-refractivity contribution in [3.05, 3.63) is 23.8 Å². The highest BCUT2D eigenvalue weighted by Gasteiger charge is 2.09. The van der Waals surface area contributed by atoms with Crippen molar-refractivity contribution in [3.63, 3.8) is 0 Å². The normalized spacial score (nSPS) is 12.6. The van der Waals surface area contributed by atoms with Crippen LogP contribution in [-0.2, 0) is 6.42 Å². The van der Waals surface area contributed by atoms with E-state index in [1.807, 2.05) is 18.2 Å². The van der Waals surface area contributed by atoms with Gasteiger partial charge in [0, 0.05) is 6.04 Å². The van der Waals surface area contributed by atoms with Gasteiger partial charge < -0.3 is 15.2 Å². The SMILES string of the molecule is COc1ccc(C[C@H](N)CC(C)C)cc1OC. The largest absolute Gasteiger partial charge is 0.493 e. The first-order valence-electron chi connectivity index (χ1n) is 6.03. The maximum absolute atomic E-state index is 6.10. The molecule has 17 heavy (non-hydrogen) atoms. The van der Waals surface area contributed by atoms with Crippen molar-refractivity contribution in [1.82, 2.24) is 0 Å². The second-order valence-electron chi connectivity index (χ2n) is 4.78. The average molecular weight is 237 g/mol. The van der Waals surface area contributed by atoms with E-state index in [9.17, 15) is 0 Å². The highest BCUT2D eigenvalue weighted by molar-refractivity contribution is 5.43. The molecule has 0 spiro atoms. The van der Waals surface area contributed by atoms with E-state index < -0.39 is 0 Å². The summed E-state index contributed by atoms with van der Waals surface area (Å²) in [5.41, 5.74) is 7.29. The first-order chi connectivity index (χ1) is 8.06. The molecule has 0 aliphatic heterocycles. The van der Waals surface area contributed by atoms with Gasteiger partial charge in [0.2, 0.25) is 0 Å². The zero-order valence-corrected chi connectivity index (χ0v) is 11.2. The zero-order chi connectivity index (χ0) is 12.8. The summed E-state index contributed by atoms with van der Waals surface area (Å²) in [5, 5.41) is 0. The lowest BCUT2D eigenvalue weighted by atomic mass is 9.98. The highest BCUT2D eigenvalue weighted by atomic mass is 16.5. The minimum absolute atomic E-state index is 0.202. The molecule has 96 valence electrons. The van der Waals surface area contributed by atoms with Crippen molar-refractivity contribution < 1.29 is 9.47 Å². The molecular weight excluding hydrogens is 214 g/mol. The number of ether oxygens (including phenoxy) is 2. The first-order valence-corrected chi connectivity index (χ1v) is 6.03. The Morgan fingerprint density at radius 1 is 1.12 bits per heavy atom. The fourth-order valence-electron chi connectivity index (χ4n) is 2.00. The Morgan fingerprint density at radius 3 is 2.29 bits per heavy atom. The molecule has 0 aromatic heterocycles. The maximum Gasteiger partial charge on any atom is 0.160 e. The number of nitrogens with two attached hydrogens (primary N) is 1. The molecule has 0 amide bonds. The molecule has 0 fully saturated rings. The number of rotatable bonds is 6. The summed E-state index contributed by atoms with van der Waals surface area (Å²) in [6, 6.07) is 6.17. The smallest absolute Gasteiger partial charge is 0.160 e. The van der Waals surface area contributed by atoms with E-state index in [0.717, 1.165) is 24.3 Å². The van der Waals surface area contributed by atoms with E-state index >= 15 is 0 Å². The zero-order valence-electron chi connectivity index (χ0n) is 11.2. The van der Waals surface area contributed by atoms with Crippen LogP contribution in [0.4, 0.5) is 0 Å². The third-order valence-electron chi connectivity index (χ3n) is 2.72. The molecular formula is C14H23NO2. The summed E-state index contributed by atoms with van der Waals surface area (Å²) in [4.78, 5) is 0. The van der Waals surface area contributed by atoms with Gasteiger partial charge in [0.1, 0.15) is 0 Å². The lowest BCUT2D eigenvalue weighted by molar-refractivity contribution is 0.354. The Morgan fingerprint density at radius 2 is 1.76 bits per heavy atom. The molecule has 0 bridgehead atoms. The van der Waals surface area contributed by atoms with Crippen LogP contribution in [0.3, 0.4) is 0 Å². The molecule has 0 aliphatic carbocycles. The molecule has 0 saturated heterocycles. The van der Waals surface area contributed by atoms with Gasteiger partial charge in [-0.1, -0.05) is 19.9 Å². The quantitative estimate of drug-likeness (QED) is 0.827. The molecule has 0 unspecified atom stereocenters. The lowest BCUT2D eigenvalue weighted by Gasteiger charge is -2.15. The molecule has 1 aromatic carbocycles. The van der Waals surface area contributed by atoms with E-state index in [0.29, 0.717) is 5.92 Å². The Labute approximate surface area is 104 Å². The number of methoxy groups -OCH3 is 2. The Bertz CT molecular complexity index is 350. The van der Waals surface area contributed by atoms with Crippen LogP contribution in [0.1, 0.15) is 25.8 Å². The first kappa shape index (κ1) is 13.8. The fraction of sp³-hybridized carbons (Fsp3) is 0.571. The van der Waals surface area contributed by atoms with E-state index in [4.69, 9.17) is 15.2 Å². The van der Waals surface area contributed by atoms with E-state index in [1.54, 1.807) is 14.2 Å². The van der Waals surface area contributed by atoms with Gasteiger partial charge in [-0.05, 0) is 36.5 Å². The molecule has 3 heteroatoms. The predicted octanol–water partition coefficient (Wildman–Crippen LogP) is 2.62.